The highest BCUT2D eigenvalue weighted by Gasteiger charge is 2.11. The maximum atomic E-state index is 12.2. The van der Waals surface area contributed by atoms with Gasteiger partial charge in [-0.25, -0.2) is 15.0 Å². The van der Waals surface area contributed by atoms with Crippen LogP contribution in [0.4, 0.5) is 0 Å². The lowest BCUT2D eigenvalue weighted by Gasteiger charge is -2.07. The summed E-state index contributed by atoms with van der Waals surface area (Å²) in [6.07, 6.45) is 1.21. The van der Waals surface area contributed by atoms with Crippen molar-refractivity contribution in [3.05, 3.63) is 98.8 Å². The van der Waals surface area contributed by atoms with Crippen LogP contribution < -0.4 is 27.5 Å². The van der Waals surface area contributed by atoms with Gasteiger partial charge < -0.3 is 14.3 Å². The molecule has 10 nitrogen and oxygen atoms in total. The van der Waals surface area contributed by atoms with Gasteiger partial charge in [-0.3, -0.25) is 15.0 Å². The van der Waals surface area contributed by atoms with E-state index in [1.54, 1.807) is 56.3 Å². The number of amides is 2. The summed E-state index contributed by atoms with van der Waals surface area (Å²) in [5, 5.41) is 5.46. The number of hydrazone groups is 1. The van der Waals surface area contributed by atoms with Crippen LogP contribution in [0.25, 0.3) is 27.5 Å². The van der Waals surface area contributed by atoms with Crippen LogP contribution in [-0.4, -0.2) is 17.5 Å². The van der Waals surface area contributed by atoms with Gasteiger partial charge >= 0.3 is 11.3 Å². The van der Waals surface area contributed by atoms with E-state index < -0.39 is 23.1 Å². The molecule has 0 saturated carbocycles. The standard InChI is InChI=1S/C27H24N4O6/c1-16(20-13-18-7-3-5-9-22(18)36-26(20)34)15-28-30-24(32)11-12-25(33)31-29-17(2)21-14-19-8-4-6-10-23(19)37-27(21)35/h3-10,13-15,28H,11-12H2,1-2H3,(H,30,32)(H,31,33). The Balaban J connectivity index is 1.27. The molecule has 4 rings (SSSR count). The largest absolute Gasteiger partial charge is 0.422 e. The van der Waals surface area contributed by atoms with Crippen LogP contribution in [0.3, 0.4) is 0 Å². The van der Waals surface area contributed by atoms with E-state index in [0.717, 1.165) is 10.8 Å². The predicted molar refractivity (Wildman–Crippen MR) is 139 cm³/mol. The van der Waals surface area contributed by atoms with Crippen molar-refractivity contribution >= 4 is 45.0 Å². The van der Waals surface area contributed by atoms with Crippen molar-refractivity contribution in [3.63, 3.8) is 0 Å². The van der Waals surface area contributed by atoms with Gasteiger partial charge in [-0.2, -0.15) is 5.10 Å². The summed E-state index contributed by atoms with van der Waals surface area (Å²) in [6.45, 7) is 3.27. The smallest absolute Gasteiger partial charge is 0.345 e. The number of nitrogens with one attached hydrogen (secondary N) is 3. The van der Waals surface area contributed by atoms with Gasteiger partial charge in [0.25, 0.3) is 0 Å². The predicted octanol–water partition coefficient (Wildman–Crippen LogP) is 3.20. The van der Waals surface area contributed by atoms with Crippen LogP contribution in [-0.2, 0) is 9.59 Å². The van der Waals surface area contributed by atoms with Crippen LogP contribution in [0.5, 0.6) is 0 Å². The zero-order chi connectivity index (χ0) is 26.4. The number of para-hydroxylation sites is 2. The molecule has 0 saturated heterocycles. The SMILES string of the molecule is CC(=CNNC(=O)CCC(=O)NN=C(C)c1cc2ccccc2oc1=O)c1cc2ccccc2oc1=O. The normalized spacial score (nSPS) is 11.9. The number of rotatable bonds is 8. The number of nitrogens with zero attached hydrogens (tertiary/aromatic N) is 1. The molecule has 0 spiro atoms. The number of allylic oxidation sites excluding steroid dienone is 1. The lowest BCUT2D eigenvalue weighted by atomic mass is 10.1. The Kier molecular flexibility index (Phi) is 7.58. The summed E-state index contributed by atoms with van der Waals surface area (Å²) in [7, 11) is 0. The monoisotopic (exact) mass is 500 g/mol. The van der Waals surface area contributed by atoms with Gasteiger partial charge in [-0.1, -0.05) is 36.4 Å². The maximum Gasteiger partial charge on any atom is 0.345 e. The Labute approximate surface area is 210 Å². The van der Waals surface area contributed by atoms with Gasteiger partial charge in [0.1, 0.15) is 11.2 Å². The molecule has 4 aromatic rings. The number of fused-ring (bicyclic) bond motifs is 2. The molecule has 0 bridgehead atoms. The Morgan fingerprint density at radius 1 is 0.811 bits per heavy atom. The minimum atomic E-state index is -0.565. The van der Waals surface area contributed by atoms with E-state index in [2.05, 4.69) is 21.4 Å². The van der Waals surface area contributed by atoms with Gasteiger partial charge in [-0.05, 0) is 43.7 Å². The summed E-state index contributed by atoms with van der Waals surface area (Å²) in [5.74, 6) is -0.944. The average molecular weight is 501 g/mol. The molecule has 3 N–H and O–H groups in total. The number of hydrazine groups is 1. The summed E-state index contributed by atoms with van der Waals surface area (Å²) in [6, 6.07) is 17.6. The quantitative estimate of drug-likeness (QED) is 0.191. The third-order valence-electron chi connectivity index (χ3n) is 5.53. The Hall–Kier alpha value is -4.99. The molecule has 0 aliphatic rings. The fourth-order valence-corrected chi connectivity index (χ4v) is 3.51. The average Bonchev–Trinajstić information content (AvgIpc) is 2.89. The van der Waals surface area contributed by atoms with Crippen LogP contribution in [0.1, 0.15) is 37.8 Å². The Morgan fingerprint density at radius 2 is 1.35 bits per heavy atom. The first-order valence-electron chi connectivity index (χ1n) is 11.4. The number of hydrogen-bond donors (Lipinski definition) is 3. The second-order valence-electron chi connectivity index (χ2n) is 8.22. The first kappa shape index (κ1) is 25.1. The van der Waals surface area contributed by atoms with Gasteiger partial charge in [0, 0.05) is 29.8 Å². The highest BCUT2D eigenvalue weighted by Crippen LogP contribution is 2.17. The molecule has 10 heteroatoms. The van der Waals surface area contributed by atoms with Crippen LogP contribution in [0, 0.1) is 0 Å². The molecule has 2 amide bonds. The van der Waals surface area contributed by atoms with Crippen molar-refractivity contribution < 1.29 is 18.4 Å². The van der Waals surface area contributed by atoms with Crippen LogP contribution in [0.15, 0.2) is 90.4 Å². The van der Waals surface area contributed by atoms with Gasteiger partial charge in [0.2, 0.25) is 11.8 Å². The Bertz CT molecular complexity index is 1670. The molecule has 0 aliphatic heterocycles. The van der Waals surface area contributed by atoms with Gasteiger partial charge in [-0.15, -0.1) is 0 Å². The Morgan fingerprint density at radius 3 is 2.00 bits per heavy atom. The van der Waals surface area contributed by atoms with Gasteiger partial charge in [0.05, 0.1) is 16.8 Å². The second-order valence-corrected chi connectivity index (χ2v) is 8.22. The van der Waals surface area contributed by atoms with E-state index in [9.17, 15) is 19.2 Å². The van der Waals surface area contributed by atoms with Gasteiger partial charge in [0.15, 0.2) is 0 Å². The molecule has 0 atom stereocenters. The molecule has 0 aliphatic carbocycles. The highest BCUT2D eigenvalue weighted by atomic mass is 16.4. The summed E-state index contributed by atoms with van der Waals surface area (Å²) >= 11 is 0. The number of benzene rings is 2. The molecule has 0 unspecified atom stereocenters. The topological polar surface area (TPSA) is 143 Å². The molecule has 188 valence electrons. The summed E-state index contributed by atoms with van der Waals surface area (Å²) in [5.41, 5.74) is 8.71. The minimum Gasteiger partial charge on any atom is -0.422 e. The molecular formula is C27H24N4O6. The lowest BCUT2D eigenvalue weighted by molar-refractivity contribution is -0.126. The van der Waals surface area contributed by atoms with Crippen molar-refractivity contribution in [2.75, 3.05) is 0 Å². The lowest BCUT2D eigenvalue weighted by Crippen LogP contribution is -2.34. The van der Waals surface area contributed by atoms with Crippen LogP contribution >= 0.6 is 0 Å². The third kappa shape index (κ3) is 6.17. The molecular weight excluding hydrogens is 476 g/mol. The summed E-state index contributed by atoms with van der Waals surface area (Å²) < 4.78 is 10.6. The van der Waals surface area contributed by atoms with E-state index in [1.165, 1.54) is 6.20 Å². The zero-order valence-electron chi connectivity index (χ0n) is 20.2. The third-order valence-corrected chi connectivity index (χ3v) is 5.53. The van der Waals surface area contributed by atoms with Crippen LogP contribution in [0.2, 0.25) is 0 Å². The molecule has 0 fully saturated rings. The van der Waals surface area contributed by atoms with E-state index in [0.29, 0.717) is 22.3 Å². The maximum absolute atomic E-state index is 12.2. The molecule has 37 heavy (non-hydrogen) atoms. The number of hydrogen-bond acceptors (Lipinski definition) is 8. The van der Waals surface area contributed by atoms with E-state index in [4.69, 9.17) is 8.83 Å². The zero-order valence-corrected chi connectivity index (χ0v) is 20.2. The fourth-order valence-electron chi connectivity index (χ4n) is 3.51. The minimum absolute atomic E-state index is 0.115. The van der Waals surface area contributed by atoms with E-state index >= 15 is 0 Å². The molecule has 2 aromatic carbocycles. The fraction of sp³-hybridized carbons (Fsp3) is 0.148. The van der Waals surface area contributed by atoms with E-state index in [-0.39, 0.29) is 24.1 Å². The van der Waals surface area contributed by atoms with Crippen molar-refractivity contribution in [2.45, 2.75) is 26.7 Å². The molecule has 2 aromatic heterocycles. The van der Waals surface area contributed by atoms with E-state index in [1.807, 2.05) is 18.2 Å². The van der Waals surface area contributed by atoms with Crippen molar-refractivity contribution in [1.29, 1.82) is 0 Å². The second kappa shape index (κ2) is 11.2. The molecule has 0 radical (unpaired) electrons. The van der Waals surface area contributed by atoms with Crippen molar-refractivity contribution in [3.8, 4) is 0 Å². The highest BCUT2D eigenvalue weighted by molar-refractivity contribution is 6.01. The number of carbonyl (C=O) groups excluding carboxylic acids is 2. The molecule has 2 heterocycles. The van der Waals surface area contributed by atoms with Crippen molar-refractivity contribution in [1.82, 2.24) is 16.3 Å². The first-order valence-corrected chi connectivity index (χ1v) is 11.4. The summed E-state index contributed by atoms with van der Waals surface area (Å²) in [4.78, 5) is 48.6. The number of carbonyl (C=O) groups is 2. The first-order chi connectivity index (χ1) is 17.8. The van der Waals surface area contributed by atoms with Crippen molar-refractivity contribution in [2.24, 2.45) is 5.10 Å².